The van der Waals surface area contributed by atoms with Gasteiger partial charge in [0.1, 0.15) is 5.82 Å². The summed E-state index contributed by atoms with van der Waals surface area (Å²) in [7, 11) is 0. The van der Waals surface area contributed by atoms with Crippen LogP contribution in [0.25, 0.3) is 0 Å². The van der Waals surface area contributed by atoms with Crippen molar-refractivity contribution in [2.75, 3.05) is 13.1 Å². The zero-order valence-corrected chi connectivity index (χ0v) is 10.4. The van der Waals surface area contributed by atoms with Crippen LogP contribution in [-0.4, -0.2) is 29.1 Å². The largest absolute Gasteiger partial charge is 0.481 e. The molecule has 2 rings (SSSR count). The van der Waals surface area contributed by atoms with Gasteiger partial charge in [-0.1, -0.05) is 0 Å². The Bertz CT molecular complexity index is 521. The van der Waals surface area contributed by atoms with Crippen molar-refractivity contribution < 1.29 is 23.1 Å². The lowest BCUT2D eigenvalue weighted by molar-refractivity contribution is -0.147. The molecule has 0 aliphatic carbocycles. The fourth-order valence-electron chi connectivity index (χ4n) is 2.29. The summed E-state index contributed by atoms with van der Waals surface area (Å²) in [4.78, 5) is 12.8. The first kappa shape index (κ1) is 13.9. The highest BCUT2D eigenvalue weighted by atomic mass is 19.2. The lowest BCUT2D eigenvalue weighted by Crippen LogP contribution is -2.31. The van der Waals surface area contributed by atoms with Crippen LogP contribution in [0.1, 0.15) is 18.9 Å². The average Bonchev–Trinajstić information content (AvgIpc) is 2.69. The molecule has 0 saturated carbocycles. The van der Waals surface area contributed by atoms with E-state index in [4.69, 9.17) is 5.11 Å². The predicted octanol–water partition coefficient (Wildman–Crippen LogP) is 2.40. The number of rotatable bonds is 3. The molecule has 0 amide bonds. The van der Waals surface area contributed by atoms with Crippen molar-refractivity contribution in [1.29, 1.82) is 0 Å². The zero-order valence-electron chi connectivity index (χ0n) is 10.4. The van der Waals surface area contributed by atoms with Crippen molar-refractivity contribution in [1.82, 2.24) is 4.90 Å². The summed E-state index contributed by atoms with van der Waals surface area (Å²) in [6, 6.07) is 1.33. The van der Waals surface area contributed by atoms with E-state index in [-0.39, 0.29) is 18.7 Å². The van der Waals surface area contributed by atoms with Gasteiger partial charge in [-0.15, -0.1) is 0 Å². The Morgan fingerprint density at radius 3 is 2.53 bits per heavy atom. The van der Waals surface area contributed by atoms with Crippen molar-refractivity contribution in [3.63, 3.8) is 0 Å². The molecule has 0 spiro atoms. The Morgan fingerprint density at radius 1 is 1.32 bits per heavy atom. The Kier molecular flexibility index (Phi) is 3.54. The minimum absolute atomic E-state index is 0.0357. The molecular weight excluding hydrogens is 259 g/mol. The normalized spacial score (nSPS) is 23.8. The van der Waals surface area contributed by atoms with E-state index in [1.807, 2.05) is 0 Å². The summed E-state index contributed by atoms with van der Waals surface area (Å²) >= 11 is 0. The number of likely N-dealkylation sites (tertiary alicyclic amines) is 1. The second-order valence-electron chi connectivity index (χ2n) is 5.18. The summed E-state index contributed by atoms with van der Waals surface area (Å²) in [5.41, 5.74) is -0.830. The van der Waals surface area contributed by atoms with E-state index in [1.165, 1.54) is 0 Å². The van der Waals surface area contributed by atoms with Gasteiger partial charge in [0.25, 0.3) is 0 Å². The Morgan fingerprint density at radius 2 is 1.95 bits per heavy atom. The second-order valence-corrected chi connectivity index (χ2v) is 5.18. The van der Waals surface area contributed by atoms with Crippen LogP contribution in [0, 0.1) is 22.9 Å². The molecule has 1 aromatic rings. The molecule has 19 heavy (non-hydrogen) atoms. The topological polar surface area (TPSA) is 40.5 Å². The van der Waals surface area contributed by atoms with Crippen molar-refractivity contribution in [2.24, 2.45) is 5.41 Å². The minimum atomic E-state index is -1.22. The predicted molar refractivity (Wildman–Crippen MR) is 62.0 cm³/mol. The maximum Gasteiger partial charge on any atom is 0.310 e. The van der Waals surface area contributed by atoms with Gasteiger partial charge in [-0.3, -0.25) is 9.69 Å². The van der Waals surface area contributed by atoms with Gasteiger partial charge in [-0.05, 0) is 26.0 Å². The molecule has 1 aliphatic heterocycles. The molecule has 1 fully saturated rings. The molecule has 3 nitrogen and oxygen atoms in total. The van der Waals surface area contributed by atoms with Crippen molar-refractivity contribution in [3.8, 4) is 0 Å². The van der Waals surface area contributed by atoms with Crippen LogP contribution in [-0.2, 0) is 11.3 Å². The maximum atomic E-state index is 13.5. The van der Waals surface area contributed by atoms with Crippen molar-refractivity contribution >= 4 is 5.97 Å². The number of carboxylic acids is 1. The van der Waals surface area contributed by atoms with Crippen LogP contribution in [0.2, 0.25) is 0 Å². The van der Waals surface area contributed by atoms with Gasteiger partial charge in [-0.25, -0.2) is 13.2 Å². The van der Waals surface area contributed by atoms with E-state index in [2.05, 4.69) is 0 Å². The van der Waals surface area contributed by atoms with Gasteiger partial charge in [0.2, 0.25) is 0 Å². The maximum absolute atomic E-state index is 13.5. The van der Waals surface area contributed by atoms with Crippen LogP contribution < -0.4 is 0 Å². The van der Waals surface area contributed by atoms with Gasteiger partial charge in [-0.2, -0.15) is 0 Å². The Labute approximate surface area is 108 Å². The third kappa shape index (κ3) is 2.73. The molecule has 0 radical (unpaired) electrons. The summed E-state index contributed by atoms with van der Waals surface area (Å²) in [5, 5.41) is 9.08. The lowest BCUT2D eigenvalue weighted by Gasteiger charge is -2.20. The van der Waals surface area contributed by atoms with Gasteiger partial charge in [0, 0.05) is 24.7 Å². The zero-order chi connectivity index (χ0) is 14.2. The van der Waals surface area contributed by atoms with E-state index in [1.54, 1.807) is 11.8 Å². The fraction of sp³-hybridized carbons (Fsp3) is 0.462. The molecule has 0 bridgehead atoms. The van der Waals surface area contributed by atoms with Crippen LogP contribution in [0.3, 0.4) is 0 Å². The molecule has 1 aliphatic rings. The first-order chi connectivity index (χ1) is 8.82. The lowest BCUT2D eigenvalue weighted by atomic mass is 9.90. The number of carbonyl (C=O) groups is 1. The van der Waals surface area contributed by atoms with Gasteiger partial charge < -0.3 is 5.11 Å². The SMILES string of the molecule is CC1(C(=O)O)CCN(Cc2cc(F)c(F)cc2F)C1. The van der Waals surface area contributed by atoms with E-state index >= 15 is 0 Å². The number of nitrogens with zero attached hydrogens (tertiary/aromatic N) is 1. The summed E-state index contributed by atoms with van der Waals surface area (Å²) < 4.78 is 39.3. The number of hydrogen-bond donors (Lipinski definition) is 1. The molecule has 6 heteroatoms. The first-order valence-electron chi connectivity index (χ1n) is 5.91. The molecule has 0 aromatic heterocycles. The molecular formula is C13H14F3NO2. The second kappa shape index (κ2) is 4.85. The standard InChI is InChI=1S/C13H14F3NO2/c1-13(12(18)19)2-3-17(7-13)6-8-4-10(15)11(16)5-9(8)14/h4-5H,2-3,6-7H2,1H3,(H,18,19). The van der Waals surface area contributed by atoms with Gasteiger partial charge in [0.15, 0.2) is 11.6 Å². The quantitative estimate of drug-likeness (QED) is 0.860. The van der Waals surface area contributed by atoms with Crippen molar-refractivity contribution in [3.05, 3.63) is 35.1 Å². The molecule has 1 heterocycles. The smallest absolute Gasteiger partial charge is 0.310 e. The number of benzene rings is 1. The van der Waals surface area contributed by atoms with Crippen LogP contribution >= 0.6 is 0 Å². The highest BCUT2D eigenvalue weighted by molar-refractivity contribution is 5.74. The van der Waals surface area contributed by atoms with E-state index in [0.29, 0.717) is 19.0 Å². The van der Waals surface area contributed by atoms with Crippen LogP contribution in [0.15, 0.2) is 12.1 Å². The molecule has 1 N–H and O–H groups in total. The minimum Gasteiger partial charge on any atom is -0.481 e. The average molecular weight is 273 g/mol. The number of carboxylic acid groups (broad SMARTS) is 1. The van der Waals surface area contributed by atoms with Crippen LogP contribution in [0.4, 0.5) is 13.2 Å². The molecule has 1 atom stereocenters. The fourth-order valence-corrected chi connectivity index (χ4v) is 2.29. The highest BCUT2D eigenvalue weighted by Crippen LogP contribution is 2.31. The summed E-state index contributed by atoms with van der Waals surface area (Å²) in [6.45, 7) is 2.45. The van der Waals surface area contributed by atoms with E-state index < -0.39 is 28.8 Å². The Hall–Kier alpha value is -1.56. The molecule has 1 unspecified atom stereocenters. The van der Waals surface area contributed by atoms with E-state index in [0.717, 1.165) is 6.07 Å². The Balaban J connectivity index is 2.12. The first-order valence-corrected chi connectivity index (χ1v) is 5.91. The summed E-state index contributed by atoms with van der Waals surface area (Å²) in [5.74, 6) is -4.04. The monoisotopic (exact) mass is 273 g/mol. The summed E-state index contributed by atoms with van der Waals surface area (Å²) in [6.07, 6.45) is 0.452. The van der Waals surface area contributed by atoms with Gasteiger partial charge in [0.05, 0.1) is 5.41 Å². The number of halogens is 3. The van der Waals surface area contributed by atoms with Crippen LogP contribution in [0.5, 0.6) is 0 Å². The molecule has 1 aromatic carbocycles. The number of aliphatic carboxylic acids is 1. The van der Waals surface area contributed by atoms with Gasteiger partial charge >= 0.3 is 5.97 Å². The van der Waals surface area contributed by atoms with E-state index in [9.17, 15) is 18.0 Å². The molecule has 104 valence electrons. The third-order valence-electron chi connectivity index (χ3n) is 3.55. The highest BCUT2D eigenvalue weighted by Gasteiger charge is 2.40. The third-order valence-corrected chi connectivity index (χ3v) is 3.55. The van der Waals surface area contributed by atoms with Crippen molar-refractivity contribution in [2.45, 2.75) is 19.9 Å². The number of hydrogen-bond acceptors (Lipinski definition) is 2. The molecule has 1 saturated heterocycles.